The molecule has 3 aliphatic heterocycles. The van der Waals surface area contributed by atoms with Gasteiger partial charge in [-0.2, -0.15) is 0 Å². The average Bonchev–Trinajstić information content (AvgIpc) is 3.24. The average molecular weight is 288 g/mol. The summed E-state index contributed by atoms with van der Waals surface area (Å²) in [4.78, 5) is 12.4. The highest BCUT2D eigenvalue weighted by Gasteiger charge is 2.42. The van der Waals surface area contributed by atoms with Crippen LogP contribution in [0.5, 0.6) is 0 Å². The molecule has 2 N–H and O–H groups in total. The van der Waals surface area contributed by atoms with Crippen molar-refractivity contribution < 1.29 is 14.3 Å². The Morgan fingerprint density at radius 3 is 2.81 bits per heavy atom. The molecule has 3 atom stereocenters. The zero-order valence-corrected chi connectivity index (χ0v) is 11.9. The third kappa shape index (κ3) is 2.57. The van der Waals surface area contributed by atoms with Crippen LogP contribution in [0.15, 0.2) is 24.3 Å². The van der Waals surface area contributed by atoms with Crippen LogP contribution in [-0.2, 0) is 14.3 Å². The molecule has 0 spiro atoms. The zero-order valence-electron chi connectivity index (χ0n) is 11.9. The van der Waals surface area contributed by atoms with Gasteiger partial charge in [0.2, 0.25) is 5.91 Å². The van der Waals surface area contributed by atoms with Gasteiger partial charge in [0.25, 0.3) is 0 Å². The monoisotopic (exact) mass is 288 g/mol. The Balaban J connectivity index is 1.44. The molecule has 3 aliphatic rings. The van der Waals surface area contributed by atoms with Crippen molar-refractivity contribution in [3.63, 3.8) is 0 Å². The number of anilines is 1. The fourth-order valence-electron chi connectivity index (χ4n) is 3.66. The highest BCUT2D eigenvalue weighted by Crippen LogP contribution is 2.34. The van der Waals surface area contributed by atoms with E-state index in [1.54, 1.807) is 0 Å². The smallest absolute Gasteiger partial charge is 0.229 e. The second kappa shape index (κ2) is 5.40. The third-order valence-corrected chi connectivity index (χ3v) is 4.68. The topological polar surface area (TPSA) is 59.6 Å². The summed E-state index contributed by atoms with van der Waals surface area (Å²) in [5, 5.41) is 6.54. The van der Waals surface area contributed by atoms with Crippen molar-refractivity contribution in [3.8, 4) is 0 Å². The van der Waals surface area contributed by atoms with Crippen LogP contribution in [0.4, 0.5) is 5.69 Å². The molecular formula is C16H20N2O3. The van der Waals surface area contributed by atoms with E-state index in [1.807, 2.05) is 24.3 Å². The lowest BCUT2D eigenvalue weighted by atomic mass is 9.88. The molecular weight excluding hydrogens is 268 g/mol. The van der Waals surface area contributed by atoms with Crippen LogP contribution in [0.3, 0.4) is 0 Å². The minimum absolute atomic E-state index is 0.103. The van der Waals surface area contributed by atoms with Gasteiger partial charge in [-0.15, -0.1) is 0 Å². The number of hydrogen-bond acceptors (Lipinski definition) is 4. The number of carbonyl (C=O) groups excluding carboxylic acids is 1. The Morgan fingerprint density at radius 2 is 2.10 bits per heavy atom. The van der Waals surface area contributed by atoms with E-state index in [-0.39, 0.29) is 18.1 Å². The SMILES string of the molecule is O=C(Nc1cccc(C2OCCO2)c1)C1CC2CCC1N2. The van der Waals surface area contributed by atoms with Crippen molar-refractivity contribution in [1.29, 1.82) is 0 Å². The number of hydrogen-bond donors (Lipinski definition) is 2. The Hall–Kier alpha value is -1.43. The van der Waals surface area contributed by atoms with Gasteiger partial charge < -0.3 is 20.1 Å². The first-order valence-electron chi connectivity index (χ1n) is 7.70. The van der Waals surface area contributed by atoms with Gasteiger partial charge in [0.05, 0.1) is 19.1 Å². The first-order chi connectivity index (χ1) is 10.3. The van der Waals surface area contributed by atoms with Gasteiger partial charge >= 0.3 is 0 Å². The number of fused-ring (bicyclic) bond motifs is 2. The maximum Gasteiger partial charge on any atom is 0.229 e. The quantitative estimate of drug-likeness (QED) is 0.890. The molecule has 3 heterocycles. The fraction of sp³-hybridized carbons (Fsp3) is 0.562. The molecule has 1 amide bonds. The summed E-state index contributed by atoms with van der Waals surface area (Å²) in [6.07, 6.45) is 2.99. The van der Waals surface area contributed by atoms with Crippen LogP contribution in [-0.4, -0.2) is 31.2 Å². The number of ether oxygens (including phenoxy) is 2. The van der Waals surface area contributed by atoms with Crippen molar-refractivity contribution in [1.82, 2.24) is 5.32 Å². The molecule has 1 aromatic carbocycles. The minimum Gasteiger partial charge on any atom is -0.346 e. The first-order valence-corrected chi connectivity index (χ1v) is 7.70. The molecule has 3 saturated heterocycles. The summed E-state index contributed by atoms with van der Waals surface area (Å²) in [6, 6.07) is 8.64. The number of carbonyl (C=O) groups is 1. The van der Waals surface area contributed by atoms with E-state index < -0.39 is 0 Å². The predicted octanol–water partition coefficient (Wildman–Crippen LogP) is 1.81. The van der Waals surface area contributed by atoms with Gasteiger partial charge in [-0.3, -0.25) is 4.79 Å². The van der Waals surface area contributed by atoms with E-state index in [0.717, 1.165) is 24.1 Å². The van der Waals surface area contributed by atoms with Gasteiger partial charge in [-0.25, -0.2) is 0 Å². The lowest BCUT2D eigenvalue weighted by Crippen LogP contribution is -2.32. The number of benzene rings is 1. The summed E-state index contributed by atoms with van der Waals surface area (Å²) in [5.74, 6) is 0.228. The molecule has 3 fully saturated rings. The van der Waals surface area contributed by atoms with E-state index in [4.69, 9.17) is 9.47 Å². The predicted molar refractivity (Wildman–Crippen MR) is 77.8 cm³/mol. The third-order valence-electron chi connectivity index (χ3n) is 4.68. The summed E-state index contributed by atoms with van der Waals surface area (Å²) < 4.78 is 11.0. The standard InChI is InChI=1S/C16H20N2O3/c19-15(13-9-12-4-5-14(13)17-12)18-11-3-1-2-10(8-11)16-20-6-7-21-16/h1-3,8,12-14,16-17H,4-7,9H2,(H,18,19). The zero-order chi connectivity index (χ0) is 14.2. The molecule has 0 aliphatic carbocycles. The largest absolute Gasteiger partial charge is 0.346 e. The van der Waals surface area contributed by atoms with Crippen LogP contribution in [0.1, 0.15) is 31.1 Å². The Morgan fingerprint density at radius 1 is 1.24 bits per heavy atom. The molecule has 21 heavy (non-hydrogen) atoms. The Labute approximate surface area is 124 Å². The normalized spacial score (nSPS) is 31.7. The molecule has 0 aromatic heterocycles. The highest BCUT2D eigenvalue weighted by molar-refractivity contribution is 5.93. The second-order valence-electron chi connectivity index (χ2n) is 6.08. The van der Waals surface area contributed by atoms with Gasteiger partial charge in [-0.05, 0) is 31.4 Å². The minimum atomic E-state index is -0.300. The van der Waals surface area contributed by atoms with Gasteiger partial charge in [0.1, 0.15) is 0 Å². The van der Waals surface area contributed by atoms with Crippen molar-refractivity contribution in [2.24, 2.45) is 5.92 Å². The summed E-state index contributed by atoms with van der Waals surface area (Å²) in [5.41, 5.74) is 1.77. The van der Waals surface area contributed by atoms with Crippen LogP contribution in [0, 0.1) is 5.92 Å². The van der Waals surface area contributed by atoms with E-state index in [0.29, 0.717) is 25.3 Å². The molecule has 5 heteroatoms. The number of amides is 1. The Kier molecular flexibility index (Phi) is 3.41. The molecule has 4 rings (SSSR count). The number of rotatable bonds is 3. The van der Waals surface area contributed by atoms with E-state index in [2.05, 4.69) is 10.6 Å². The van der Waals surface area contributed by atoms with Gasteiger partial charge in [0, 0.05) is 23.3 Å². The molecule has 0 radical (unpaired) electrons. The fourth-order valence-corrected chi connectivity index (χ4v) is 3.66. The van der Waals surface area contributed by atoms with Crippen LogP contribution in [0.2, 0.25) is 0 Å². The molecule has 3 unspecified atom stereocenters. The lowest BCUT2D eigenvalue weighted by Gasteiger charge is -2.19. The molecule has 0 saturated carbocycles. The highest BCUT2D eigenvalue weighted by atomic mass is 16.7. The van der Waals surface area contributed by atoms with Crippen LogP contribution < -0.4 is 10.6 Å². The first kappa shape index (κ1) is 13.2. The van der Waals surface area contributed by atoms with Crippen molar-refractivity contribution in [2.75, 3.05) is 18.5 Å². The molecule has 1 aromatic rings. The second-order valence-corrected chi connectivity index (χ2v) is 6.08. The molecule has 112 valence electrons. The van der Waals surface area contributed by atoms with Crippen molar-refractivity contribution >= 4 is 11.6 Å². The maximum atomic E-state index is 12.4. The van der Waals surface area contributed by atoms with Crippen LogP contribution in [0.25, 0.3) is 0 Å². The summed E-state index contributed by atoms with van der Waals surface area (Å²) in [6.45, 7) is 1.25. The van der Waals surface area contributed by atoms with Crippen molar-refractivity contribution in [3.05, 3.63) is 29.8 Å². The molecule has 5 nitrogen and oxygen atoms in total. The molecule has 2 bridgehead atoms. The van der Waals surface area contributed by atoms with Gasteiger partial charge in [0.15, 0.2) is 6.29 Å². The maximum absolute atomic E-state index is 12.4. The lowest BCUT2D eigenvalue weighted by molar-refractivity contribution is -0.120. The van der Waals surface area contributed by atoms with Crippen molar-refractivity contribution in [2.45, 2.75) is 37.6 Å². The number of nitrogens with one attached hydrogen (secondary N) is 2. The van der Waals surface area contributed by atoms with E-state index in [1.165, 1.54) is 6.42 Å². The van der Waals surface area contributed by atoms with E-state index >= 15 is 0 Å². The van der Waals surface area contributed by atoms with Gasteiger partial charge in [-0.1, -0.05) is 12.1 Å². The summed E-state index contributed by atoms with van der Waals surface area (Å²) in [7, 11) is 0. The Bertz CT molecular complexity index is 542. The van der Waals surface area contributed by atoms with Crippen LogP contribution >= 0.6 is 0 Å². The summed E-state index contributed by atoms with van der Waals surface area (Å²) >= 11 is 0. The van der Waals surface area contributed by atoms with E-state index in [9.17, 15) is 4.79 Å².